The number of hydrogen-bond donors (Lipinski definition) is 1. The number of carbonyl (C=O) groups excluding carboxylic acids is 1. The van der Waals surface area contributed by atoms with Gasteiger partial charge >= 0.3 is 12.1 Å². The van der Waals surface area contributed by atoms with Gasteiger partial charge in [0.05, 0.1) is 12.8 Å². The number of hydrogen-bond acceptors (Lipinski definition) is 6. The molecule has 0 saturated carbocycles. The molecule has 8 nitrogen and oxygen atoms in total. The first kappa shape index (κ1) is 24.6. The van der Waals surface area contributed by atoms with E-state index in [0.29, 0.717) is 6.42 Å². The van der Waals surface area contributed by atoms with Gasteiger partial charge < -0.3 is 19.3 Å². The van der Waals surface area contributed by atoms with E-state index in [4.69, 9.17) is 19.2 Å². The standard InChI is InChI=1S/C20H25N3O3.C2HF3O2/c1-14-18(15(2)26-21-14)11-22-8-7-20(12-22)10-19(24)23(13-20)16-5-4-6-17(9-16)25-3;3-2(4,5)1(6)7/h4-6,9H,7-8,10-13H2,1-3H3;(H,6,7). The molecule has 2 fully saturated rings. The number of aliphatic carboxylic acids is 1. The number of alkyl halides is 3. The monoisotopic (exact) mass is 469 g/mol. The number of anilines is 1. The molecule has 0 bridgehead atoms. The summed E-state index contributed by atoms with van der Waals surface area (Å²) in [6.45, 7) is 7.51. The summed E-state index contributed by atoms with van der Waals surface area (Å²) >= 11 is 0. The molecule has 1 unspecified atom stereocenters. The van der Waals surface area contributed by atoms with Gasteiger partial charge in [0.2, 0.25) is 5.91 Å². The maximum atomic E-state index is 12.7. The van der Waals surface area contributed by atoms with Crippen LogP contribution in [0.5, 0.6) is 5.75 Å². The molecule has 1 aromatic carbocycles. The first-order valence-corrected chi connectivity index (χ1v) is 10.3. The van der Waals surface area contributed by atoms with Gasteiger partial charge in [0.1, 0.15) is 11.5 Å². The number of halogens is 3. The molecule has 2 aliphatic heterocycles. The molecule has 4 rings (SSSR count). The molecule has 2 aliphatic rings. The molecule has 0 radical (unpaired) electrons. The average Bonchev–Trinajstić information content (AvgIpc) is 3.41. The Morgan fingerprint density at radius 1 is 1.30 bits per heavy atom. The third-order valence-electron chi connectivity index (χ3n) is 6.01. The number of likely N-dealkylation sites (tertiary alicyclic amines) is 1. The smallest absolute Gasteiger partial charge is 0.490 e. The summed E-state index contributed by atoms with van der Waals surface area (Å²) in [5, 5.41) is 11.2. The number of ether oxygens (including phenoxy) is 1. The Morgan fingerprint density at radius 2 is 2.00 bits per heavy atom. The number of nitrogens with zero attached hydrogens (tertiary/aromatic N) is 3. The number of benzene rings is 1. The van der Waals surface area contributed by atoms with Gasteiger partial charge in [-0.3, -0.25) is 9.69 Å². The summed E-state index contributed by atoms with van der Waals surface area (Å²) in [6, 6.07) is 7.76. The highest BCUT2D eigenvalue weighted by atomic mass is 19.4. The topological polar surface area (TPSA) is 96.1 Å². The molecule has 2 saturated heterocycles. The minimum absolute atomic E-state index is 0.0408. The second-order valence-electron chi connectivity index (χ2n) is 8.42. The van der Waals surface area contributed by atoms with Gasteiger partial charge in [-0.05, 0) is 38.9 Å². The Balaban J connectivity index is 0.000000383. The van der Waals surface area contributed by atoms with Crippen LogP contribution in [0, 0.1) is 19.3 Å². The fraction of sp³-hybridized carbons (Fsp3) is 0.500. The van der Waals surface area contributed by atoms with Crippen molar-refractivity contribution in [3.05, 3.63) is 41.3 Å². The molecule has 1 atom stereocenters. The van der Waals surface area contributed by atoms with Gasteiger partial charge in [0, 0.05) is 48.8 Å². The predicted molar refractivity (Wildman–Crippen MR) is 112 cm³/mol. The lowest BCUT2D eigenvalue weighted by atomic mass is 9.86. The van der Waals surface area contributed by atoms with E-state index in [9.17, 15) is 18.0 Å². The highest BCUT2D eigenvalue weighted by molar-refractivity contribution is 5.96. The highest BCUT2D eigenvalue weighted by Gasteiger charge is 2.47. The van der Waals surface area contributed by atoms with Gasteiger partial charge in [-0.25, -0.2) is 4.79 Å². The maximum absolute atomic E-state index is 12.7. The van der Waals surface area contributed by atoms with Crippen LogP contribution in [0.1, 0.15) is 29.9 Å². The predicted octanol–water partition coefficient (Wildman–Crippen LogP) is 3.56. The second kappa shape index (κ2) is 9.42. The van der Waals surface area contributed by atoms with E-state index in [1.54, 1.807) is 7.11 Å². The van der Waals surface area contributed by atoms with Crippen molar-refractivity contribution in [1.29, 1.82) is 0 Å². The summed E-state index contributed by atoms with van der Waals surface area (Å²) in [5.74, 6) is -0.878. The zero-order chi connectivity index (χ0) is 24.4. The number of aromatic nitrogens is 1. The van der Waals surface area contributed by atoms with E-state index in [2.05, 4.69) is 10.1 Å². The van der Waals surface area contributed by atoms with E-state index in [1.807, 2.05) is 43.0 Å². The van der Waals surface area contributed by atoms with Crippen molar-refractivity contribution in [3.63, 3.8) is 0 Å². The molecule has 11 heteroatoms. The zero-order valence-corrected chi connectivity index (χ0v) is 18.6. The fourth-order valence-corrected chi connectivity index (χ4v) is 4.30. The lowest BCUT2D eigenvalue weighted by Gasteiger charge is -2.24. The van der Waals surface area contributed by atoms with Crippen LogP contribution in [0.2, 0.25) is 0 Å². The lowest BCUT2D eigenvalue weighted by Crippen LogP contribution is -2.31. The number of carboxylic acid groups (broad SMARTS) is 1. The third kappa shape index (κ3) is 5.65. The van der Waals surface area contributed by atoms with Crippen molar-refractivity contribution in [2.75, 3.05) is 31.6 Å². The Kier molecular flexibility index (Phi) is 7.01. The van der Waals surface area contributed by atoms with Crippen LogP contribution in [-0.2, 0) is 16.1 Å². The van der Waals surface area contributed by atoms with Crippen LogP contribution in [0.3, 0.4) is 0 Å². The van der Waals surface area contributed by atoms with Gasteiger partial charge in [-0.1, -0.05) is 11.2 Å². The molecule has 0 aliphatic carbocycles. The average molecular weight is 469 g/mol. The van der Waals surface area contributed by atoms with Gasteiger partial charge in [-0.15, -0.1) is 0 Å². The Labute approximate surface area is 188 Å². The van der Waals surface area contributed by atoms with E-state index >= 15 is 0 Å². The number of rotatable bonds is 4. The van der Waals surface area contributed by atoms with E-state index < -0.39 is 12.1 Å². The molecule has 1 spiro atoms. The number of carbonyl (C=O) groups is 2. The second-order valence-corrected chi connectivity index (χ2v) is 8.42. The van der Waals surface area contributed by atoms with Crippen LogP contribution < -0.4 is 9.64 Å². The lowest BCUT2D eigenvalue weighted by molar-refractivity contribution is -0.192. The molecule has 1 N–H and O–H groups in total. The summed E-state index contributed by atoms with van der Waals surface area (Å²) in [4.78, 5) is 25.9. The van der Waals surface area contributed by atoms with E-state index in [1.165, 1.54) is 5.56 Å². The van der Waals surface area contributed by atoms with Gasteiger partial charge in [0.25, 0.3) is 0 Å². The van der Waals surface area contributed by atoms with Gasteiger partial charge in [0.15, 0.2) is 0 Å². The Hall–Kier alpha value is -3.08. The summed E-state index contributed by atoms with van der Waals surface area (Å²) in [5.41, 5.74) is 3.11. The van der Waals surface area contributed by atoms with E-state index in [0.717, 1.165) is 55.5 Å². The maximum Gasteiger partial charge on any atom is 0.490 e. The number of aryl methyl sites for hydroxylation is 2. The van der Waals surface area contributed by atoms with Crippen molar-refractivity contribution in [2.45, 2.75) is 39.4 Å². The molecule has 180 valence electrons. The first-order chi connectivity index (χ1) is 15.4. The van der Waals surface area contributed by atoms with Crippen LogP contribution in [-0.4, -0.2) is 60.0 Å². The van der Waals surface area contributed by atoms with Crippen molar-refractivity contribution >= 4 is 17.6 Å². The highest BCUT2D eigenvalue weighted by Crippen LogP contribution is 2.42. The first-order valence-electron chi connectivity index (χ1n) is 10.3. The summed E-state index contributed by atoms with van der Waals surface area (Å²) in [7, 11) is 1.65. The number of methoxy groups -OCH3 is 1. The van der Waals surface area contributed by atoms with E-state index in [-0.39, 0.29) is 11.3 Å². The fourth-order valence-electron chi connectivity index (χ4n) is 4.30. The van der Waals surface area contributed by atoms with Crippen LogP contribution in [0.4, 0.5) is 18.9 Å². The summed E-state index contributed by atoms with van der Waals surface area (Å²) in [6.07, 6.45) is -3.43. The molecule has 3 heterocycles. The molecular weight excluding hydrogens is 443 g/mol. The molecule has 1 amide bonds. The molecule has 33 heavy (non-hydrogen) atoms. The van der Waals surface area contributed by atoms with Crippen molar-refractivity contribution in [1.82, 2.24) is 10.1 Å². The number of carboxylic acids is 1. The number of amides is 1. The largest absolute Gasteiger partial charge is 0.497 e. The molecule has 1 aromatic heterocycles. The normalized spacial score (nSPS) is 20.8. The Bertz CT molecular complexity index is 1000. The minimum Gasteiger partial charge on any atom is -0.497 e. The van der Waals surface area contributed by atoms with Gasteiger partial charge in [-0.2, -0.15) is 13.2 Å². The SMILES string of the molecule is COc1cccc(N2CC3(CCN(Cc4c(C)noc4C)C3)CC2=O)c1.O=C(O)C(F)(F)F. The third-order valence-corrected chi connectivity index (χ3v) is 6.01. The summed E-state index contributed by atoms with van der Waals surface area (Å²) < 4.78 is 42.3. The van der Waals surface area contributed by atoms with Crippen molar-refractivity contribution in [3.8, 4) is 5.75 Å². The zero-order valence-electron chi connectivity index (χ0n) is 18.6. The molecule has 2 aromatic rings. The Morgan fingerprint density at radius 3 is 2.58 bits per heavy atom. The minimum atomic E-state index is -5.08. The van der Waals surface area contributed by atoms with Crippen molar-refractivity contribution < 1.29 is 37.1 Å². The van der Waals surface area contributed by atoms with Crippen molar-refractivity contribution in [2.24, 2.45) is 5.41 Å². The van der Waals surface area contributed by atoms with Crippen LogP contribution in [0.15, 0.2) is 28.8 Å². The molecular formula is C22H26F3N3O5. The van der Waals surface area contributed by atoms with Crippen LogP contribution >= 0.6 is 0 Å². The van der Waals surface area contributed by atoms with Crippen LogP contribution in [0.25, 0.3) is 0 Å². The quantitative estimate of drug-likeness (QED) is 0.732.